The van der Waals surface area contributed by atoms with Gasteiger partial charge in [-0.3, -0.25) is 14.4 Å². The van der Waals surface area contributed by atoms with Gasteiger partial charge in [-0.15, -0.1) is 0 Å². The Morgan fingerprint density at radius 2 is 1.52 bits per heavy atom. The normalized spacial score (nSPS) is 12.9. The molecule has 3 amide bonds. The van der Waals surface area contributed by atoms with Crippen LogP contribution in [0.5, 0.6) is 5.75 Å². The third-order valence-corrected chi connectivity index (χ3v) is 4.09. The smallest absolute Gasteiger partial charge is 0.255 e. The van der Waals surface area contributed by atoms with Gasteiger partial charge in [0.2, 0.25) is 11.8 Å². The highest BCUT2D eigenvalue weighted by atomic mass is 16.5. The van der Waals surface area contributed by atoms with Crippen LogP contribution in [0.4, 0.5) is 11.4 Å². The lowest BCUT2D eigenvalue weighted by atomic mass is 10.2. The maximum absolute atomic E-state index is 12.3. The van der Waals surface area contributed by atoms with Gasteiger partial charge in [-0.1, -0.05) is 0 Å². The molecule has 1 fully saturated rings. The van der Waals surface area contributed by atoms with Gasteiger partial charge in [0.1, 0.15) is 5.75 Å². The molecule has 0 aromatic heterocycles. The molecule has 27 heavy (non-hydrogen) atoms. The lowest BCUT2D eigenvalue weighted by Gasteiger charge is -2.09. The SMILES string of the molecule is NC(=O)CCOc1ccc(NC(=O)c2ccc(NC(=O)C3CC3)cc2)cc1. The van der Waals surface area contributed by atoms with Crippen molar-refractivity contribution in [2.75, 3.05) is 17.2 Å². The zero-order valence-electron chi connectivity index (χ0n) is 14.7. The van der Waals surface area contributed by atoms with Crippen molar-refractivity contribution < 1.29 is 19.1 Å². The van der Waals surface area contributed by atoms with E-state index in [4.69, 9.17) is 10.5 Å². The predicted octanol–water partition coefficient (Wildman–Crippen LogP) is 2.54. The quantitative estimate of drug-likeness (QED) is 0.666. The number of hydrogen-bond donors (Lipinski definition) is 3. The molecule has 2 aromatic rings. The Balaban J connectivity index is 1.51. The van der Waals surface area contributed by atoms with E-state index in [0.717, 1.165) is 12.8 Å². The molecule has 0 spiro atoms. The van der Waals surface area contributed by atoms with Gasteiger partial charge < -0.3 is 21.1 Å². The molecule has 1 aliphatic rings. The fourth-order valence-corrected chi connectivity index (χ4v) is 2.40. The molecule has 3 rings (SSSR count). The number of primary amides is 1. The first kappa shape index (κ1) is 18.4. The molecule has 1 aliphatic carbocycles. The molecular formula is C20H21N3O4. The Bertz CT molecular complexity index is 827. The summed E-state index contributed by atoms with van der Waals surface area (Å²) in [6, 6.07) is 13.6. The number of rotatable bonds is 8. The molecule has 0 saturated heterocycles. The predicted molar refractivity (Wildman–Crippen MR) is 101 cm³/mol. The van der Waals surface area contributed by atoms with Crippen molar-refractivity contribution in [3.8, 4) is 5.75 Å². The molecule has 0 radical (unpaired) electrons. The minimum Gasteiger partial charge on any atom is -0.493 e. The van der Waals surface area contributed by atoms with Gasteiger partial charge in [-0.25, -0.2) is 0 Å². The van der Waals surface area contributed by atoms with Gasteiger partial charge in [0, 0.05) is 22.9 Å². The Hall–Kier alpha value is -3.35. The Morgan fingerprint density at radius 3 is 2.11 bits per heavy atom. The van der Waals surface area contributed by atoms with Crippen LogP contribution in [-0.2, 0) is 9.59 Å². The molecule has 0 unspecified atom stereocenters. The van der Waals surface area contributed by atoms with Gasteiger partial charge in [-0.05, 0) is 61.4 Å². The number of carbonyl (C=O) groups excluding carboxylic acids is 3. The van der Waals surface area contributed by atoms with E-state index in [0.29, 0.717) is 22.7 Å². The molecule has 2 aromatic carbocycles. The monoisotopic (exact) mass is 367 g/mol. The van der Waals surface area contributed by atoms with Crippen molar-refractivity contribution in [2.45, 2.75) is 19.3 Å². The Kier molecular flexibility index (Phi) is 5.71. The van der Waals surface area contributed by atoms with E-state index in [1.807, 2.05) is 0 Å². The molecule has 1 saturated carbocycles. The van der Waals surface area contributed by atoms with E-state index >= 15 is 0 Å². The van der Waals surface area contributed by atoms with E-state index in [-0.39, 0.29) is 30.8 Å². The first-order valence-electron chi connectivity index (χ1n) is 8.75. The van der Waals surface area contributed by atoms with Crippen LogP contribution in [0.25, 0.3) is 0 Å². The summed E-state index contributed by atoms with van der Waals surface area (Å²) in [6.07, 6.45) is 2.04. The first-order chi connectivity index (χ1) is 13.0. The zero-order chi connectivity index (χ0) is 19.2. The van der Waals surface area contributed by atoms with Crippen LogP contribution in [0.15, 0.2) is 48.5 Å². The van der Waals surface area contributed by atoms with Crippen molar-refractivity contribution in [3.05, 3.63) is 54.1 Å². The highest BCUT2D eigenvalue weighted by molar-refractivity contribution is 6.04. The fraction of sp³-hybridized carbons (Fsp3) is 0.250. The van der Waals surface area contributed by atoms with E-state index in [1.54, 1.807) is 48.5 Å². The Morgan fingerprint density at radius 1 is 0.926 bits per heavy atom. The van der Waals surface area contributed by atoms with E-state index in [9.17, 15) is 14.4 Å². The lowest BCUT2D eigenvalue weighted by molar-refractivity contribution is -0.118. The van der Waals surface area contributed by atoms with Crippen molar-refractivity contribution in [1.82, 2.24) is 0 Å². The van der Waals surface area contributed by atoms with Crippen LogP contribution >= 0.6 is 0 Å². The molecular weight excluding hydrogens is 346 g/mol. The second kappa shape index (κ2) is 8.35. The minimum absolute atomic E-state index is 0.0327. The zero-order valence-corrected chi connectivity index (χ0v) is 14.7. The number of nitrogens with one attached hydrogen (secondary N) is 2. The summed E-state index contributed by atoms with van der Waals surface area (Å²) in [4.78, 5) is 34.7. The van der Waals surface area contributed by atoms with Crippen LogP contribution in [-0.4, -0.2) is 24.3 Å². The van der Waals surface area contributed by atoms with Crippen LogP contribution in [0.3, 0.4) is 0 Å². The summed E-state index contributed by atoms with van der Waals surface area (Å²) >= 11 is 0. The van der Waals surface area contributed by atoms with E-state index < -0.39 is 5.91 Å². The molecule has 7 nitrogen and oxygen atoms in total. The third kappa shape index (κ3) is 5.57. The molecule has 4 N–H and O–H groups in total. The molecule has 7 heteroatoms. The number of nitrogens with two attached hydrogens (primary N) is 1. The average Bonchev–Trinajstić information content (AvgIpc) is 3.49. The standard InChI is InChI=1S/C20H21N3O4/c21-18(24)11-12-27-17-9-7-16(8-10-17)23-20(26)14-3-5-15(6-4-14)22-19(25)13-1-2-13/h3-10,13H,1-2,11-12H2,(H2,21,24)(H,22,25)(H,23,26). The van der Waals surface area contributed by atoms with Crippen molar-refractivity contribution in [3.63, 3.8) is 0 Å². The summed E-state index contributed by atoms with van der Waals surface area (Å²) < 4.78 is 5.38. The number of anilines is 2. The minimum atomic E-state index is -0.419. The maximum atomic E-state index is 12.3. The lowest BCUT2D eigenvalue weighted by Crippen LogP contribution is -2.15. The molecule has 0 aliphatic heterocycles. The van der Waals surface area contributed by atoms with E-state index in [1.165, 1.54) is 0 Å². The summed E-state index contributed by atoms with van der Waals surface area (Å²) in [5.41, 5.74) is 6.84. The Labute approximate surface area is 156 Å². The first-order valence-corrected chi connectivity index (χ1v) is 8.75. The van der Waals surface area contributed by atoms with Crippen molar-refractivity contribution in [1.29, 1.82) is 0 Å². The maximum Gasteiger partial charge on any atom is 0.255 e. The van der Waals surface area contributed by atoms with Gasteiger partial charge in [0.25, 0.3) is 5.91 Å². The van der Waals surface area contributed by atoms with Crippen LogP contribution in [0.1, 0.15) is 29.6 Å². The number of ether oxygens (including phenoxy) is 1. The topological polar surface area (TPSA) is 111 Å². The van der Waals surface area contributed by atoms with Crippen molar-refractivity contribution in [2.24, 2.45) is 11.7 Å². The highest BCUT2D eigenvalue weighted by Gasteiger charge is 2.29. The van der Waals surface area contributed by atoms with Gasteiger partial charge >= 0.3 is 0 Å². The largest absolute Gasteiger partial charge is 0.493 e. The second-order valence-corrected chi connectivity index (χ2v) is 6.38. The average molecular weight is 367 g/mol. The van der Waals surface area contributed by atoms with Gasteiger partial charge in [0.15, 0.2) is 0 Å². The fourth-order valence-electron chi connectivity index (χ4n) is 2.40. The van der Waals surface area contributed by atoms with Crippen LogP contribution in [0.2, 0.25) is 0 Å². The number of amides is 3. The second-order valence-electron chi connectivity index (χ2n) is 6.38. The number of benzene rings is 2. The third-order valence-electron chi connectivity index (χ3n) is 4.09. The summed E-state index contributed by atoms with van der Waals surface area (Å²) in [7, 11) is 0. The molecule has 0 bridgehead atoms. The molecule has 140 valence electrons. The number of carbonyl (C=O) groups is 3. The highest BCUT2D eigenvalue weighted by Crippen LogP contribution is 2.30. The summed E-state index contributed by atoms with van der Waals surface area (Å²) in [5.74, 6) is 0.0838. The van der Waals surface area contributed by atoms with Gasteiger partial charge in [-0.2, -0.15) is 0 Å². The molecule has 0 heterocycles. The van der Waals surface area contributed by atoms with Gasteiger partial charge in [0.05, 0.1) is 13.0 Å². The number of hydrogen-bond acceptors (Lipinski definition) is 4. The van der Waals surface area contributed by atoms with Crippen molar-refractivity contribution >= 4 is 29.1 Å². The molecule has 0 atom stereocenters. The summed E-state index contributed by atoms with van der Waals surface area (Å²) in [5, 5.41) is 5.63. The van der Waals surface area contributed by atoms with Crippen LogP contribution < -0.4 is 21.1 Å². The van der Waals surface area contributed by atoms with E-state index in [2.05, 4.69) is 10.6 Å². The summed E-state index contributed by atoms with van der Waals surface area (Å²) in [6.45, 7) is 0.213. The van der Waals surface area contributed by atoms with Crippen LogP contribution in [0, 0.1) is 5.92 Å².